The van der Waals surface area contributed by atoms with Crippen molar-refractivity contribution < 1.29 is 8.42 Å². The molecule has 1 aromatic carbocycles. The van der Waals surface area contributed by atoms with E-state index in [0.29, 0.717) is 12.2 Å². The standard InChI is InChI=1S/C12H14BrN3O2S/c1-3-11-14-12(16-15-11)19(17,18)7-9-6-10(13)5-4-8(9)2/h4-6H,3,7H2,1-2H3,(H,14,15,16). The number of hydrogen-bond donors (Lipinski definition) is 1. The molecule has 0 atom stereocenters. The molecule has 5 nitrogen and oxygen atoms in total. The van der Waals surface area contributed by atoms with Gasteiger partial charge < -0.3 is 0 Å². The van der Waals surface area contributed by atoms with Crippen LogP contribution in [0, 0.1) is 6.92 Å². The van der Waals surface area contributed by atoms with Crippen LogP contribution in [0.25, 0.3) is 0 Å². The van der Waals surface area contributed by atoms with Gasteiger partial charge in [0.05, 0.1) is 5.75 Å². The van der Waals surface area contributed by atoms with Gasteiger partial charge in [0, 0.05) is 10.9 Å². The molecule has 0 radical (unpaired) electrons. The van der Waals surface area contributed by atoms with Crippen molar-refractivity contribution in [3.05, 3.63) is 39.6 Å². The average Bonchev–Trinajstić information content (AvgIpc) is 2.83. The fourth-order valence-electron chi connectivity index (χ4n) is 1.64. The smallest absolute Gasteiger partial charge is 0.262 e. The number of nitrogens with one attached hydrogen (secondary N) is 1. The summed E-state index contributed by atoms with van der Waals surface area (Å²) in [4.78, 5) is 3.98. The SMILES string of the molecule is CCc1nc(S(=O)(=O)Cc2cc(Br)ccc2C)n[nH]1. The molecule has 0 saturated heterocycles. The lowest BCUT2D eigenvalue weighted by atomic mass is 10.1. The minimum Gasteiger partial charge on any atom is -0.262 e. The van der Waals surface area contributed by atoms with E-state index in [9.17, 15) is 8.42 Å². The van der Waals surface area contributed by atoms with E-state index in [1.165, 1.54) is 0 Å². The third-order valence-corrected chi connectivity index (χ3v) is 4.70. The maximum Gasteiger partial charge on any atom is 0.267 e. The van der Waals surface area contributed by atoms with E-state index < -0.39 is 9.84 Å². The third-order valence-electron chi connectivity index (χ3n) is 2.78. The van der Waals surface area contributed by atoms with Crippen LogP contribution in [0.15, 0.2) is 27.8 Å². The highest BCUT2D eigenvalue weighted by Crippen LogP contribution is 2.20. The topological polar surface area (TPSA) is 75.7 Å². The number of halogens is 1. The largest absolute Gasteiger partial charge is 0.267 e. The van der Waals surface area contributed by atoms with Crippen molar-refractivity contribution in [1.29, 1.82) is 0 Å². The first-order valence-electron chi connectivity index (χ1n) is 5.81. The molecule has 0 bridgehead atoms. The van der Waals surface area contributed by atoms with Crippen LogP contribution < -0.4 is 0 Å². The zero-order valence-electron chi connectivity index (χ0n) is 10.6. The molecule has 0 spiro atoms. The summed E-state index contributed by atoms with van der Waals surface area (Å²) >= 11 is 3.34. The molecule has 1 heterocycles. The van der Waals surface area contributed by atoms with Gasteiger partial charge in [0.25, 0.3) is 5.16 Å². The fourth-order valence-corrected chi connectivity index (χ4v) is 3.33. The normalized spacial score (nSPS) is 11.7. The molecule has 0 amide bonds. The Kier molecular flexibility index (Phi) is 4.05. The zero-order chi connectivity index (χ0) is 14.0. The maximum atomic E-state index is 12.2. The molecular weight excluding hydrogens is 330 g/mol. The van der Waals surface area contributed by atoms with Gasteiger partial charge in [-0.3, -0.25) is 5.10 Å². The van der Waals surface area contributed by atoms with E-state index in [2.05, 4.69) is 31.1 Å². The lowest BCUT2D eigenvalue weighted by Gasteiger charge is -2.05. The van der Waals surface area contributed by atoms with Gasteiger partial charge in [0.1, 0.15) is 5.82 Å². The van der Waals surface area contributed by atoms with Gasteiger partial charge in [-0.25, -0.2) is 13.4 Å². The Balaban J connectivity index is 2.33. The van der Waals surface area contributed by atoms with E-state index in [0.717, 1.165) is 15.6 Å². The fraction of sp³-hybridized carbons (Fsp3) is 0.333. The Morgan fingerprint density at radius 1 is 1.37 bits per heavy atom. The molecule has 102 valence electrons. The van der Waals surface area contributed by atoms with Crippen molar-refractivity contribution in [2.45, 2.75) is 31.2 Å². The number of H-pyrrole nitrogens is 1. The molecular formula is C12H14BrN3O2S. The number of benzene rings is 1. The molecule has 0 saturated carbocycles. The Bertz CT molecular complexity index is 695. The van der Waals surface area contributed by atoms with Crippen molar-refractivity contribution in [3.8, 4) is 0 Å². The van der Waals surface area contributed by atoms with Crippen LogP contribution in [0.2, 0.25) is 0 Å². The van der Waals surface area contributed by atoms with Crippen LogP contribution in [-0.4, -0.2) is 23.6 Å². The summed E-state index contributed by atoms with van der Waals surface area (Å²) in [7, 11) is -3.52. The number of aryl methyl sites for hydroxylation is 2. The zero-order valence-corrected chi connectivity index (χ0v) is 13.0. The van der Waals surface area contributed by atoms with E-state index >= 15 is 0 Å². The quantitative estimate of drug-likeness (QED) is 0.924. The first kappa shape index (κ1) is 14.2. The Hall–Kier alpha value is -1.21. The Labute approximate surface area is 120 Å². The van der Waals surface area contributed by atoms with E-state index in [4.69, 9.17) is 0 Å². The van der Waals surface area contributed by atoms with Crippen molar-refractivity contribution in [2.75, 3.05) is 0 Å². The van der Waals surface area contributed by atoms with E-state index in [1.54, 1.807) is 6.07 Å². The van der Waals surface area contributed by atoms with Gasteiger partial charge in [-0.05, 0) is 30.2 Å². The lowest BCUT2D eigenvalue weighted by molar-refractivity contribution is 0.586. The van der Waals surface area contributed by atoms with Crippen LogP contribution in [0.5, 0.6) is 0 Å². The molecule has 0 aliphatic rings. The average molecular weight is 344 g/mol. The monoisotopic (exact) mass is 343 g/mol. The van der Waals surface area contributed by atoms with Gasteiger partial charge in [-0.2, -0.15) is 0 Å². The summed E-state index contributed by atoms with van der Waals surface area (Å²) in [5.41, 5.74) is 1.68. The van der Waals surface area contributed by atoms with Crippen LogP contribution in [-0.2, 0) is 22.0 Å². The first-order chi connectivity index (χ1) is 8.92. The second-order valence-electron chi connectivity index (χ2n) is 4.25. The summed E-state index contributed by atoms with van der Waals surface area (Å²) in [6.45, 7) is 3.77. The lowest BCUT2D eigenvalue weighted by Crippen LogP contribution is -2.08. The van der Waals surface area contributed by atoms with Gasteiger partial charge in [0.2, 0.25) is 9.84 Å². The van der Waals surface area contributed by atoms with Gasteiger partial charge in [0.15, 0.2) is 0 Å². The number of sulfone groups is 1. The second-order valence-corrected chi connectivity index (χ2v) is 7.05. The Morgan fingerprint density at radius 2 is 2.11 bits per heavy atom. The molecule has 1 aromatic heterocycles. The van der Waals surface area contributed by atoms with Gasteiger partial charge in [-0.15, -0.1) is 5.10 Å². The van der Waals surface area contributed by atoms with Crippen molar-refractivity contribution in [2.24, 2.45) is 0 Å². The van der Waals surface area contributed by atoms with Crippen molar-refractivity contribution in [1.82, 2.24) is 15.2 Å². The van der Waals surface area contributed by atoms with Gasteiger partial charge >= 0.3 is 0 Å². The van der Waals surface area contributed by atoms with Gasteiger partial charge in [-0.1, -0.05) is 28.9 Å². The predicted octanol–water partition coefficient (Wildman–Crippen LogP) is 2.41. The molecule has 7 heteroatoms. The van der Waals surface area contributed by atoms with Crippen molar-refractivity contribution in [3.63, 3.8) is 0 Å². The third kappa shape index (κ3) is 3.22. The first-order valence-corrected chi connectivity index (χ1v) is 8.26. The number of hydrogen-bond acceptors (Lipinski definition) is 4. The van der Waals surface area contributed by atoms with Crippen LogP contribution in [0.1, 0.15) is 23.9 Å². The van der Waals surface area contributed by atoms with E-state index in [1.807, 2.05) is 26.0 Å². The van der Waals surface area contributed by atoms with Crippen molar-refractivity contribution >= 4 is 25.8 Å². The molecule has 0 unspecified atom stereocenters. The summed E-state index contributed by atoms with van der Waals surface area (Å²) in [6, 6.07) is 5.57. The summed E-state index contributed by atoms with van der Waals surface area (Å²) < 4.78 is 25.3. The number of nitrogens with zero attached hydrogens (tertiary/aromatic N) is 2. The maximum absolute atomic E-state index is 12.2. The molecule has 19 heavy (non-hydrogen) atoms. The molecule has 0 aliphatic heterocycles. The second kappa shape index (κ2) is 5.42. The summed E-state index contributed by atoms with van der Waals surface area (Å²) in [6.07, 6.45) is 0.623. The molecule has 2 aromatic rings. The minimum atomic E-state index is -3.52. The van der Waals surface area contributed by atoms with E-state index in [-0.39, 0.29) is 10.9 Å². The predicted molar refractivity (Wildman–Crippen MR) is 75.5 cm³/mol. The molecule has 0 aliphatic carbocycles. The molecule has 0 fully saturated rings. The molecule has 2 rings (SSSR count). The molecule has 1 N–H and O–H groups in total. The number of aromatic amines is 1. The highest BCUT2D eigenvalue weighted by molar-refractivity contribution is 9.10. The summed E-state index contributed by atoms with van der Waals surface area (Å²) in [5, 5.41) is 6.26. The highest BCUT2D eigenvalue weighted by atomic mass is 79.9. The minimum absolute atomic E-state index is 0.0979. The number of aromatic nitrogens is 3. The van der Waals surface area contributed by atoms with Crippen LogP contribution in [0.3, 0.4) is 0 Å². The summed E-state index contributed by atoms with van der Waals surface area (Å²) in [5.74, 6) is 0.476. The Morgan fingerprint density at radius 3 is 2.74 bits per heavy atom. The highest BCUT2D eigenvalue weighted by Gasteiger charge is 2.21. The number of rotatable bonds is 4. The van der Waals surface area contributed by atoms with Crippen LogP contribution in [0.4, 0.5) is 0 Å². The van der Waals surface area contributed by atoms with Crippen LogP contribution >= 0.6 is 15.9 Å².